The van der Waals surface area contributed by atoms with Crippen LogP contribution in [0.4, 0.5) is 0 Å². The normalized spacial score (nSPS) is 26.6. The number of likely N-dealkylation sites (tertiary alicyclic amines) is 1. The van der Waals surface area contributed by atoms with Crippen molar-refractivity contribution < 1.29 is 0 Å². The zero-order chi connectivity index (χ0) is 10.1. The molecule has 0 spiro atoms. The number of halogens is 2. The lowest BCUT2D eigenvalue weighted by Crippen LogP contribution is -2.28. The van der Waals surface area contributed by atoms with Crippen molar-refractivity contribution in [1.29, 1.82) is 0 Å². The minimum absolute atomic E-state index is 0. The monoisotopic (exact) mass is 266 g/mol. The van der Waals surface area contributed by atoms with Crippen LogP contribution in [0.3, 0.4) is 0 Å². The Morgan fingerprint density at radius 3 is 2.80 bits per heavy atom. The van der Waals surface area contributed by atoms with Gasteiger partial charge >= 0.3 is 0 Å². The molecule has 2 atom stereocenters. The van der Waals surface area contributed by atoms with Gasteiger partial charge in [-0.1, -0.05) is 18.5 Å². The summed E-state index contributed by atoms with van der Waals surface area (Å²) in [6.07, 6.45) is 0. The molecule has 1 aromatic rings. The third kappa shape index (κ3) is 3.33. The molecule has 1 fully saturated rings. The Morgan fingerprint density at radius 1 is 1.60 bits per heavy atom. The lowest BCUT2D eigenvalue weighted by Gasteiger charge is -2.13. The average molecular weight is 267 g/mol. The predicted molar refractivity (Wildman–Crippen MR) is 69.0 cm³/mol. The van der Waals surface area contributed by atoms with E-state index in [2.05, 4.69) is 11.8 Å². The zero-order valence-electron chi connectivity index (χ0n) is 8.65. The van der Waals surface area contributed by atoms with Crippen molar-refractivity contribution in [3.8, 4) is 0 Å². The van der Waals surface area contributed by atoms with Crippen molar-refractivity contribution in [2.45, 2.75) is 19.5 Å². The van der Waals surface area contributed by atoms with E-state index in [-0.39, 0.29) is 12.4 Å². The van der Waals surface area contributed by atoms with E-state index in [0.717, 1.165) is 24.7 Å². The summed E-state index contributed by atoms with van der Waals surface area (Å²) in [4.78, 5) is 3.73. The van der Waals surface area contributed by atoms with Crippen molar-refractivity contribution in [2.24, 2.45) is 11.7 Å². The van der Waals surface area contributed by atoms with Crippen LogP contribution in [0, 0.1) is 5.92 Å². The fourth-order valence-corrected chi connectivity index (χ4v) is 3.00. The summed E-state index contributed by atoms with van der Waals surface area (Å²) >= 11 is 7.59. The SMILES string of the molecule is CC1CN(Cc2cc(Cl)cs2)CC1N.Cl. The van der Waals surface area contributed by atoms with Crippen LogP contribution in [0.1, 0.15) is 11.8 Å². The van der Waals surface area contributed by atoms with Crippen LogP contribution in [0.2, 0.25) is 5.02 Å². The Bertz CT molecular complexity index is 306. The summed E-state index contributed by atoms with van der Waals surface area (Å²) in [6, 6.07) is 2.38. The molecule has 0 amide bonds. The predicted octanol–water partition coefficient (Wildman–Crippen LogP) is 2.60. The van der Waals surface area contributed by atoms with Gasteiger partial charge in [0, 0.05) is 35.9 Å². The third-order valence-electron chi connectivity index (χ3n) is 2.75. The highest BCUT2D eigenvalue weighted by Gasteiger charge is 2.26. The van der Waals surface area contributed by atoms with Gasteiger partial charge in [0.1, 0.15) is 0 Å². The van der Waals surface area contributed by atoms with Gasteiger partial charge in [0.2, 0.25) is 0 Å². The lowest BCUT2D eigenvalue weighted by molar-refractivity contribution is 0.322. The van der Waals surface area contributed by atoms with E-state index < -0.39 is 0 Å². The topological polar surface area (TPSA) is 29.3 Å². The van der Waals surface area contributed by atoms with E-state index in [1.165, 1.54) is 4.88 Å². The van der Waals surface area contributed by atoms with Crippen molar-refractivity contribution >= 4 is 35.3 Å². The largest absolute Gasteiger partial charge is 0.326 e. The van der Waals surface area contributed by atoms with E-state index in [1.54, 1.807) is 11.3 Å². The summed E-state index contributed by atoms with van der Waals surface area (Å²) in [5, 5.41) is 2.83. The maximum atomic E-state index is 5.96. The minimum Gasteiger partial charge on any atom is -0.326 e. The summed E-state index contributed by atoms with van der Waals surface area (Å²) in [5.41, 5.74) is 5.96. The Kier molecular flexibility index (Phi) is 4.87. The first-order chi connectivity index (χ1) is 6.65. The molecule has 0 aromatic carbocycles. The number of hydrogen-bond acceptors (Lipinski definition) is 3. The molecule has 0 radical (unpaired) electrons. The smallest absolute Gasteiger partial charge is 0.0516 e. The van der Waals surface area contributed by atoms with E-state index in [9.17, 15) is 0 Å². The molecule has 1 aromatic heterocycles. The van der Waals surface area contributed by atoms with Crippen LogP contribution in [0.25, 0.3) is 0 Å². The number of thiophene rings is 1. The molecule has 5 heteroatoms. The van der Waals surface area contributed by atoms with Gasteiger partial charge in [0.25, 0.3) is 0 Å². The molecular formula is C10H16Cl2N2S. The van der Waals surface area contributed by atoms with Crippen LogP contribution in [-0.4, -0.2) is 24.0 Å². The van der Waals surface area contributed by atoms with E-state index in [1.807, 2.05) is 11.4 Å². The summed E-state index contributed by atoms with van der Waals surface area (Å²) in [6.45, 7) is 5.33. The molecule has 1 aliphatic rings. The highest BCUT2D eigenvalue weighted by atomic mass is 35.5. The fraction of sp³-hybridized carbons (Fsp3) is 0.600. The molecule has 1 saturated heterocycles. The minimum atomic E-state index is 0. The van der Waals surface area contributed by atoms with Crippen LogP contribution < -0.4 is 5.73 Å². The van der Waals surface area contributed by atoms with Crippen LogP contribution in [0.5, 0.6) is 0 Å². The first-order valence-electron chi connectivity index (χ1n) is 4.86. The van der Waals surface area contributed by atoms with Crippen molar-refractivity contribution in [3.63, 3.8) is 0 Å². The van der Waals surface area contributed by atoms with Crippen molar-refractivity contribution in [1.82, 2.24) is 4.90 Å². The second-order valence-corrected chi connectivity index (χ2v) is 5.50. The number of rotatable bonds is 2. The molecule has 0 saturated carbocycles. The highest BCUT2D eigenvalue weighted by Crippen LogP contribution is 2.23. The molecule has 2 unspecified atom stereocenters. The van der Waals surface area contributed by atoms with Gasteiger partial charge in [-0.05, 0) is 12.0 Å². The standard InChI is InChI=1S/C10H15ClN2S.ClH/c1-7-3-13(5-10(7)12)4-9-2-8(11)6-14-9;/h2,6-7,10H,3-5,12H2,1H3;1H. The summed E-state index contributed by atoms with van der Waals surface area (Å²) < 4.78 is 0. The second kappa shape index (κ2) is 5.51. The Labute approximate surface area is 106 Å². The van der Waals surface area contributed by atoms with Gasteiger partial charge in [-0.3, -0.25) is 4.90 Å². The Balaban J connectivity index is 0.00000112. The maximum absolute atomic E-state index is 5.96. The van der Waals surface area contributed by atoms with E-state index in [4.69, 9.17) is 17.3 Å². The molecule has 2 N–H and O–H groups in total. The molecule has 0 bridgehead atoms. The van der Waals surface area contributed by atoms with Gasteiger partial charge in [-0.25, -0.2) is 0 Å². The first-order valence-corrected chi connectivity index (χ1v) is 6.12. The van der Waals surface area contributed by atoms with Gasteiger partial charge in [0.15, 0.2) is 0 Å². The van der Waals surface area contributed by atoms with Crippen molar-refractivity contribution in [2.75, 3.05) is 13.1 Å². The number of nitrogens with two attached hydrogens (primary N) is 1. The summed E-state index contributed by atoms with van der Waals surface area (Å²) in [7, 11) is 0. The first kappa shape index (κ1) is 13.3. The third-order valence-corrected chi connectivity index (χ3v) is 4.02. The Hall–Kier alpha value is 0.200. The molecule has 1 aliphatic heterocycles. The van der Waals surface area contributed by atoms with E-state index in [0.29, 0.717) is 12.0 Å². The highest BCUT2D eigenvalue weighted by molar-refractivity contribution is 7.10. The molecule has 0 aliphatic carbocycles. The maximum Gasteiger partial charge on any atom is 0.0516 e. The van der Waals surface area contributed by atoms with Gasteiger partial charge in [-0.2, -0.15) is 0 Å². The van der Waals surface area contributed by atoms with Crippen molar-refractivity contribution in [3.05, 3.63) is 21.3 Å². The molecule has 2 heterocycles. The summed E-state index contributed by atoms with van der Waals surface area (Å²) in [5.74, 6) is 0.616. The number of nitrogens with zero attached hydrogens (tertiary/aromatic N) is 1. The number of hydrogen-bond donors (Lipinski definition) is 1. The van der Waals surface area contributed by atoms with Gasteiger partial charge in [0.05, 0.1) is 5.02 Å². The lowest BCUT2D eigenvalue weighted by atomic mass is 10.1. The Morgan fingerprint density at radius 2 is 2.33 bits per heavy atom. The molecule has 2 nitrogen and oxygen atoms in total. The molecule has 15 heavy (non-hydrogen) atoms. The molecule has 86 valence electrons. The average Bonchev–Trinajstić information content (AvgIpc) is 2.62. The van der Waals surface area contributed by atoms with Crippen LogP contribution >= 0.6 is 35.3 Å². The molecular weight excluding hydrogens is 251 g/mol. The van der Waals surface area contributed by atoms with Crippen LogP contribution in [0.15, 0.2) is 11.4 Å². The van der Waals surface area contributed by atoms with Crippen LogP contribution in [-0.2, 0) is 6.54 Å². The van der Waals surface area contributed by atoms with Gasteiger partial charge < -0.3 is 5.73 Å². The fourth-order valence-electron chi connectivity index (χ4n) is 1.88. The molecule has 2 rings (SSSR count). The van der Waals surface area contributed by atoms with E-state index >= 15 is 0 Å². The van der Waals surface area contributed by atoms with Gasteiger partial charge in [-0.15, -0.1) is 23.7 Å². The quantitative estimate of drug-likeness (QED) is 0.892. The second-order valence-electron chi connectivity index (χ2n) is 4.07. The zero-order valence-corrected chi connectivity index (χ0v) is 11.0.